The van der Waals surface area contributed by atoms with Gasteiger partial charge in [0.05, 0.1) is 11.6 Å². The lowest BCUT2D eigenvalue weighted by Crippen LogP contribution is -2.15. The lowest BCUT2D eigenvalue weighted by atomic mass is 9.95. The Morgan fingerprint density at radius 2 is 1.58 bits per heavy atom. The largest absolute Gasteiger partial charge is 0.505 e. The van der Waals surface area contributed by atoms with Crippen LogP contribution in [0.25, 0.3) is 10.9 Å². The quantitative estimate of drug-likeness (QED) is 0.256. The summed E-state index contributed by atoms with van der Waals surface area (Å²) < 4.78 is 39.0. The molecule has 0 unspecified atom stereocenters. The minimum Gasteiger partial charge on any atom is -0.505 e. The Bertz CT molecular complexity index is 1460. The summed E-state index contributed by atoms with van der Waals surface area (Å²) in [4.78, 5) is 31.8. The molecule has 2 aromatic carbocycles. The molecule has 0 radical (unpaired) electrons. The number of nitrogens with zero attached hydrogens (tertiary/aromatic N) is 3. The minimum absolute atomic E-state index is 0.0573. The molecule has 9 nitrogen and oxygen atoms in total. The summed E-state index contributed by atoms with van der Waals surface area (Å²) in [5.41, 5.74) is 1.34. The molecule has 4 aromatic rings. The number of aryl methyl sites for hydroxylation is 1. The lowest BCUT2D eigenvalue weighted by molar-refractivity contribution is -0.137. The Morgan fingerprint density at radius 1 is 0.921 bits per heavy atom. The Morgan fingerprint density at radius 3 is 2.16 bits per heavy atom. The number of pyridine rings is 1. The van der Waals surface area contributed by atoms with E-state index in [0.29, 0.717) is 34.7 Å². The maximum atomic E-state index is 13.0. The number of hydrogen-bond acceptors (Lipinski definition) is 7. The second kappa shape index (κ2) is 11.8. The predicted octanol–water partition coefficient (Wildman–Crippen LogP) is 4.97. The molecule has 0 aliphatic carbocycles. The van der Waals surface area contributed by atoms with Gasteiger partial charge in [-0.1, -0.05) is 30.3 Å². The number of halogens is 3. The van der Waals surface area contributed by atoms with Gasteiger partial charge in [-0.05, 0) is 36.8 Å². The highest BCUT2D eigenvalue weighted by molar-refractivity contribution is 5.89. The second-order valence-corrected chi connectivity index (χ2v) is 7.81. The number of rotatable bonds is 6. The number of carboxylic acid groups (broad SMARTS) is 2. The predicted molar refractivity (Wildman–Crippen MR) is 131 cm³/mol. The van der Waals surface area contributed by atoms with Gasteiger partial charge in [0.2, 0.25) is 5.95 Å². The van der Waals surface area contributed by atoms with E-state index in [4.69, 9.17) is 10.2 Å². The van der Waals surface area contributed by atoms with Crippen molar-refractivity contribution in [3.63, 3.8) is 0 Å². The number of phenolic OH excluding ortho intramolecular Hbond substituents is 1. The van der Waals surface area contributed by atoms with Crippen LogP contribution in [0.3, 0.4) is 0 Å². The van der Waals surface area contributed by atoms with E-state index in [1.54, 1.807) is 43.6 Å². The SMILES string of the molecule is Cc1ccnc(N[C@H](c2ccc(C(F)(F)F)cc2)c2ccc3cccnc3c2O)n1.O=C(O)/C=C/C(=O)O. The van der Waals surface area contributed by atoms with Crippen molar-refractivity contribution < 1.29 is 38.1 Å². The van der Waals surface area contributed by atoms with Gasteiger partial charge in [-0.25, -0.2) is 19.6 Å². The number of benzene rings is 2. The van der Waals surface area contributed by atoms with Crippen LogP contribution in [-0.2, 0) is 15.8 Å². The smallest absolute Gasteiger partial charge is 0.416 e. The van der Waals surface area contributed by atoms with Crippen molar-refractivity contribution in [2.24, 2.45) is 0 Å². The van der Waals surface area contributed by atoms with Gasteiger partial charge < -0.3 is 20.6 Å². The van der Waals surface area contributed by atoms with Crippen LogP contribution in [0.15, 0.2) is 79.1 Å². The highest BCUT2D eigenvalue weighted by atomic mass is 19.4. The van der Waals surface area contributed by atoms with Crippen molar-refractivity contribution in [3.05, 3.63) is 102 Å². The van der Waals surface area contributed by atoms with E-state index >= 15 is 0 Å². The fraction of sp³-hybridized carbons (Fsp3) is 0.115. The fourth-order valence-electron chi connectivity index (χ4n) is 3.37. The number of anilines is 1. The zero-order chi connectivity index (χ0) is 27.9. The Kier molecular flexibility index (Phi) is 8.58. The van der Waals surface area contributed by atoms with Crippen molar-refractivity contribution in [1.82, 2.24) is 15.0 Å². The van der Waals surface area contributed by atoms with Gasteiger partial charge in [-0.3, -0.25) is 4.98 Å². The van der Waals surface area contributed by atoms with E-state index in [-0.39, 0.29) is 5.75 Å². The summed E-state index contributed by atoms with van der Waals surface area (Å²) in [6, 6.07) is 12.9. The molecule has 0 fully saturated rings. The monoisotopic (exact) mass is 526 g/mol. The molecule has 4 N–H and O–H groups in total. The van der Waals surface area contributed by atoms with Crippen LogP contribution in [0.4, 0.5) is 19.1 Å². The van der Waals surface area contributed by atoms with Crippen molar-refractivity contribution >= 4 is 28.8 Å². The number of phenols is 1. The van der Waals surface area contributed by atoms with Crippen molar-refractivity contribution in [2.75, 3.05) is 5.32 Å². The number of fused-ring (bicyclic) bond motifs is 1. The topological polar surface area (TPSA) is 146 Å². The molecular weight excluding hydrogens is 505 g/mol. The molecule has 4 rings (SSSR count). The Balaban J connectivity index is 0.000000436. The number of alkyl halides is 3. The van der Waals surface area contributed by atoms with Gasteiger partial charge in [0.25, 0.3) is 0 Å². The first-order valence-corrected chi connectivity index (χ1v) is 10.9. The van der Waals surface area contributed by atoms with Crippen LogP contribution in [0.1, 0.15) is 28.4 Å². The summed E-state index contributed by atoms with van der Waals surface area (Å²) in [5, 5.41) is 30.4. The molecule has 0 bridgehead atoms. The van der Waals surface area contributed by atoms with E-state index in [9.17, 15) is 27.9 Å². The van der Waals surface area contributed by atoms with Gasteiger partial charge in [-0.15, -0.1) is 0 Å². The number of aliphatic carboxylic acids is 2. The number of aromatic nitrogens is 3. The summed E-state index contributed by atoms with van der Waals surface area (Å²) in [5.74, 6) is -2.28. The minimum atomic E-state index is -4.43. The fourth-order valence-corrected chi connectivity index (χ4v) is 3.37. The average Bonchev–Trinajstić information content (AvgIpc) is 2.87. The Hall–Kier alpha value is -5.00. The first-order chi connectivity index (χ1) is 18.0. The molecule has 1 atom stereocenters. The highest BCUT2D eigenvalue weighted by Gasteiger charge is 2.30. The van der Waals surface area contributed by atoms with E-state index in [1.807, 2.05) is 6.07 Å². The first kappa shape index (κ1) is 27.6. The van der Waals surface area contributed by atoms with E-state index in [2.05, 4.69) is 20.3 Å². The Labute approximate surface area is 214 Å². The third kappa shape index (κ3) is 7.26. The molecule has 38 heavy (non-hydrogen) atoms. The van der Waals surface area contributed by atoms with Crippen molar-refractivity contribution in [3.8, 4) is 5.75 Å². The zero-order valence-electron chi connectivity index (χ0n) is 19.7. The van der Waals surface area contributed by atoms with Crippen molar-refractivity contribution in [1.29, 1.82) is 0 Å². The maximum Gasteiger partial charge on any atom is 0.416 e. The van der Waals surface area contributed by atoms with Gasteiger partial charge in [0, 0.05) is 41.2 Å². The molecule has 196 valence electrons. The summed E-state index contributed by atoms with van der Waals surface area (Å²) >= 11 is 0. The average molecular weight is 526 g/mol. The second-order valence-electron chi connectivity index (χ2n) is 7.81. The standard InChI is InChI=1S/C22H17F3N4O.C4H4O4/c1-13-10-12-27-21(28-13)29-18(15-4-7-16(8-5-15)22(23,24)25)17-9-6-14-3-2-11-26-19(14)20(17)30;5-3(6)1-2-4(7)8/h2-12,18,30H,1H3,(H,27,28,29);1-2H,(H,5,6)(H,7,8)/b;2-1+/t18-;/m1./s1. The molecule has 0 aliphatic rings. The number of carbonyl (C=O) groups is 2. The van der Waals surface area contributed by atoms with Crippen LogP contribution < -0.4 is 5.32 Å². The maximum absolute atomic E-state index is 13.0. The summed E-state index contributed by atoms with van der Waals surface area (Å²) in [7, 11) is 0. The molecule has 12 heteroatoms. The number of hydrogen-bond donors (Lipinski definition) is 4. The molecular formula is C26H21F3N4O5. The molecule has 0 amide bonds. The molecule has 2 aromatic heterocycles. The van der Waals surface area contributed by atoms with Crippen LogP contribution in [0.5, 0.6) is 5.75 Å². The normalized spacial score (nSPS) is 12.0. The number of carboxylic acids is 2. The van der Waals surface area contributed by atoms with Gasteiger partial charge >= 0.3 is 18.1 Å². The van der Waals surface area contributed by atoms with Crippen LogP contribution >= 0.6 is 0 Å². The molecule has 0 spiro atoms. The molecule has 0 saturated heterocycles. The highest BCUT2D eigenvalue weighted by Crippen LogP contribution is 2.37. The van der Waals surface area contributed by atoms with Crippen LogP contribution in [-0.4, -0.2) is 42.2 Å². The number of nitrogens with one attached hydrogen (secondary N) is 1. The molecule has 2 heterocycles. The van der Waals surface area contributed by atoms with E-state index < -0.39 is 29.7 Å². The summed E-state index contributed by atoms with van der Waals surface area (Å²) in [6.07, 6.45) is -0.173. The van der Waals surface area contributed by atoms with Crippen LogP contribution in [0.2, 0.25) is 0 Å². The van der Waals surface area contributed by atoms with Gasteiger partial charge in [-0.2, -0.15) is 13.2 Å². The lowest BCUT2D eigenvalue weighted by Gasteiger charge is -2.22. The third-order valence-corrected chi connectivity index (χ3v) is 5.10. The summed E-state index contributed by atoms with van der Waals surface area (Å²) in [6.45, 7) is 1.80. The van der Waals surface area contributed by atoms with E-state index in [0.717, 1.165) is 23.2 Å². The van der Waals surface area contributed by atoms with Gasteiger partial charge in [0.15, 0.2) is 0 Å². The van der Waals surface area contributed by atoms with Crippen molar-refractivity contribution in [2.45, 2.75) is 19.1 Å². The number of aromatic hydroxyl groups is 1. The van der Waals surface area contributed by atoms with E-state index in [1.165, 1.54) is 12.1 Å². The van der Waals surface area contributed by atoms with Crippen LogP contribution in [0, 0.1) is 6.92 Å². The molecule has 0 saturated carbocycles. The van der Waals surface area contributed by atoms with Gasteiger partial charge in [0.1, 0.15) is 11.3 Å². The first-order valence-electron chi connectivity index (χ1n) is 10.9. The zero-order valence-corrected chi connectivity index (χ0v) is 19.7. The molecule has 0 aliphatic heterocycles. The third-order valence-electron chi connectivity index (χ3n) is 5.10.